The second-order valence-electron chi connectivity index (χ2n) is 4.42. The number of fused-ring (bicyclic) bond motifs is 1. The molecule has 5 nitrogen and oxygen atoms in total. The maximum atomic E-state index is 12.8. The van der Waals surface area contributed by atoms with E-state index >= 15 is 0 Å². The lowest BCUT2D eigenvalue weighted by Crippen LogP contribution is -2.11. The molecule has 0 fully saturated rings. The van der Waals surface area contributed by atoms with Gasteiger partial charge in [-0.2, -0.15) is 13.2 Å². The van der Waals surface area contributed by atoms with Crippen LogP contribution in [0.5, 0.6) is 5.75 Å². The van der Waals surface area contributed by atoms with Crippen LogP contribution >= 0.6 is 0 Å². The largest absolute Gasteiger partial charge is 0.493 e. The summed E-state index contributed by atoms with van der Waals surface area (Å²) in [5.74, 6) is -2.76. The molecule has 1 aromatic carbocycles. The molecule has 1 N–H and O–H groups in total. The number of aromatic nitrogens is 1. The Balaban J connectivity index is 2.09. The molecule has 0 amide bonds. The number of alkyl halides is 3. The van der Waals surface area contributed by atoms with Crippen LogP contribution < -0.4 is 4.74 Å². The van der Waals surface area contributed by atoms with Crippen LogP contribution in [0, 0.1) is 0 Å². The van der Waals surface area contributed by atoms with Gasteiger partial charge in [-0.25, -0.2) is 9.78 Å². The van der Waals surface area contributed by atoms with Crippen molar-refractivity contribution in [3.05, 3.63) is 35.2 Å². The number of carboxylic acid groups (broad SMARTS) is 1. The highest BCUT2D eigenvalue weighted by molar-refractivity contribution is 5.86. The van der Waals surface area contributed by atoms with Gasteiger partial charge in [0.15, 0.2) is 5.69 Å². The van der Waals surface area contributed by atoms with Gasteiger partial charge in [-0.3, -0.25) is 0 Å². The molecule has 0 spiro atoms. The van der Waals surface area contributed by atoms with Crippen molar-refractivity contribution in [3.63, 3.8) is 0 Å². The summed E-state index contributed by atoms with van der Waals surface area (Å²) in [5.41, 5.74) is -0.449. The van der Waals surface area contributed by atoms with Crippen LogP contribution in [0.25, 0.3) is 11.5 Å². The van der Waals surface area contributed by atoms with Gasteiger partial charge >= 0.3 is 12.1 Å². The standard InChI is InChI=1S/C13H8F3NO4/c14-13(15,16)10-9(12(18)19)21-11(17-10)7-1-2-8-6(5-7)3-4-20-8/h1-2,5H,3-4H2,(H,18,19). The summed E-state index contributed by atoms with van der Waals surface area (Å²) in [7, 11) is 0. The van der Waals surface area contributed by atoms with Gasteiger partial charge in [-0.15, -0.1) is 0 Å². The smallest absolute Gasteiger partial charge is 0.437 e. The van der Waals surface area contributed by atoms with Crippen LogP contribution in [0.4, 0.5) is 13.2 Å². The Morgan fingerprint density at radius 2 is 2.10 bits per heavy atom. The number of ether oxygens (including phenoxy) is 1. The first-order valence-electron chi connectivity index (χ1n) is 5.93. The molecule has 0 saturated carbocycles. The molecule has 110 valence electrons. The normalized spacial score (nSPS) is 13.9. The van der Waals surface area contributed by atoms with E-state index in [1.54, 1.807) is 12.1 Å². The fourth-order valence-corrected chi connectivity index (χ4v) is 2.10. The predicted molar refractivity (Wildman–Crippen MR) is 63.1 cm³/mol. The average molecular weight is 299 g/mol. The molecule has 0 saturated heterocycles. The number of nitrogens with zero attached hydrogens (tertiary/aromatic N) is 1. The zero-order chi connectivity index (χ0) is 15.2. The molecular weight excluding hydrogens is 291 g/mol. The maximum Gasteiger partial charge on any atom is 0.437 e. The molecule has 8 heteroatoms. The van der Waals surface area contributed by atoms with E-state index in [4.69, 9.17) is 14.3 Å². The highest BCUT2D eigenvalue weighted by atomic mass is 19.4. The number of benzene rings is 1. The van der Waals surface area contributed by atoms with Gasteiger partial charge in [0.05, 0.1) is 6.61 Å². The molecule has 0 radical (unpaired) electrons. The van der Waals surface area contributed by atoms with E-state index in [1.165, 1.54) is 6.07 Å². The number of oxazole rings is 1. The number of hydrogen-bond acceptors (Lipinski definition) is 4. The first-order chi connectivity index (χ1) is 9.86. The molecule has 0 unspecified atom stereocenters. The Hall–Kier alpha value is -2.51. The maximum absolute atomic E-state index is 12.8. The van der Waals surface area contributed by atoms with Crippen LogP contribution in [0.3, 0.4) is 0 Å². The van der Waals surface area contributed by atoms with E-state index in [9.17, 15) is 18.0 Å². The van der Waals surface area contributed by atoms with Crippen molar-refractivity contribution in [2.45, 2.75) is 12.6 Å². The van der Waals surface area contributed by atoms with Gasteiger partial charge < -0.3 is 14.3 Å². The third-order valence-electron chi connectivity index (χ3n) is 3.03. The number of aromatic carboxylic acids is 1. The number of rotatable bonds is 2. The zero-order valence-corrected chi connectivity index (χ0v) is 10.4. The van der Waals surface area contributed by atoms with Crippen molar-refractivity contribution >= 4 is 5.97 Å². The van der Waals surface area contributed by atoms with E-state index < -0.39 is 23.6 Å². The summed E-state index contributed by atoms with van der Waals surface area (Å²) in [5, 5.41) is 8.79. The Kier molecular flexibility index (Phi) is 2.89. The molecule has 3 rings (SSSR count). The molecule has 21 heavy (non-hydrogen) atoms. The minimum Gasteiger partial charge on any atom is -0.493 e. The van der Waals surface area contributed by atoms with Gasteiger partial charge in [0.25, 0.3) is 0 Å². The second kappa shape index (κ2) is 4.51. The fraction of sp³-hybridized carbons (Fsp3) is 0.231. The minimum absolute atomic E-state index is 0.275. The zero-order valence-electron chi connectivity index (χ0n) is 10.4. The number of hydrogen-bond donors (Lipinski definition) is 1. The summed E-state index contributed by atoms with van der Waals surface area (Å²) < 4.78 is 48.3. The van der Waals surface area contributed by atoms with E-state index in [0.717, 1.165) is 5.56 Å². The van der Waals surface area contributed by atoms with Crippen molar-refractivity contribution in [1.82, 2.24) is 4.98 Å². The Morgan fingerprint density at radius 1 is 1.33 bits per heavy atom. The minimum atomic E-state index is -4.89. The lowest BCUT2D eigenvalue weighted by atomic mass is 10.1. The highest BCUT2D eigenvalue weighted by Gasteiger charge is 2.41. The molecule has 1 aromatic heterocycles. The highest BCUT2D eigenvalue weighted by Crippen LogP contribution is 2.36. The van der Waals surface area contributed by atoms with Crippen molar-refractivity contribution in [2.75, 3.05) is 6.61 Å². The molecule has 0 bridgehead atoms. The van der Waals surface area contributed by atoms with Crippen molar-refractivity contribution in [2.24, 2.45) is 0 Å². The quantitative estimate of drug-likeness (QED) is 0.923. The summed E-state index contributed by atoms with van der Waals surface area (Å²) in [6, 6.07) is 4.65. The van der Waals surface area contributed by atoms with Crippen LogP contribution in [-0.2, 0) is 12.6 Å². The summed E-state index contributed by atoms with van der Waals surface area (Å²) in [6.07, 6.45) is -4.27. The first kappa shape index (κ1) is 13.5. The molecule has 0 aliphatic carbocycles. The van der Waals surface area contributed by atoms with Crippen molar-refractivity contribution in [3.8, 4) is 17.2 Å². The SMILES string of the molecule is O=C(O)c1oc(-c2ccc3c(c2)CCO3)nc1C(F)(F)F. The third-order valence-corrected chi connectivity index (χ3v) is 3.03. The lowest BCUT2D eigenvalue weighted by molar-refractivity contribution is -0.141. The van der Waals surface area contributed by atoms with Gasteiger partial charge in [-0.05, 0) is 23.8 Å². The average Bonchev–Trinajstić information content (AvgIpc) is 3.03. The van der Waals surface area contributed by atoms with E-state index in [1.807, 2.05) is 0 Å². The van der Waals surface area contributed by atoms with Crippen LogP contribution in [0.1, 0.15) is 21.8 Å². The molecule has 0 atom stereocenters. The summed E-state index contributed by atoms with van der Waals surface area (Å²) in [4.78, 5) is 14.1. The van der Waals surface area contributed by atoms with Crippen LogP contribution in [0.2, 0.25) is 0 Å². The van der Waals surface area contributed by atoms with Gasteiger partial charge in [0.1, 0.15) is 5.75 Å². The molecule has 1 aliphatic heterocycles. The summed E-state index contributed by atoms with van der Waals surface area (Å²) >= 11 is 0. The molecule has 2 aromatic rings. The van der Waals surface area contributed by atoms with Gasteiger partial charge in [0.2, 0.25) is 11.7 Å². The van der Waals surface area contributed by atoms with Gasteiger partial charge in [0, 0.05) is 12.0 Å². The number of carbonyl (C=O) groups is 1. The Morgan fingerprint density at radius 3 is 2.71 bits per heavy atom. The van der Waals surface area contributed by atoms with Crippen molar-refractivity contribution in [1.29, 1.82) is 0 Å². The van der Waals surface area contributed by atoms with Crippen LogP contribution in [-0.4, -0.2) is 22.7 Å². The van der Waals surface area contributed by atoms with Crippen molar-refractivity contribution < 1.29 is 32.2 Å². The first-order valence-corrected chi connectivity index (χ1v) is 5.93. The number of halogens is 3. The van der Waals surface area contributed by atoms with E-state index in [-0.39, 0.29) is 11.5 Å². The second-order valence-corrected chi connectivity index (χ2v) is 4.42. The predicted octanol–water partition coefficient (Wildman–Crippen LogP) is 2.99. The third kappa shape index (κ3) is 2.32. The Bertz CT molecular complexity index is 721. The molecule has 2 heterocycles. The van der Waals surface area contributed by atoms with Gasteiger partial charge in [-0.1, -0.05) is 0 Å². The molecular formula is C13H8F3NO4. The topological polar surface area (TPSA) is 72.6 Å². The van der Waals surface area contributed by atoms with E-state index in [0.29, 0.717) is 18.8 Å². The molecule has 1 aliphatic rings. The van der Waals surface area contributed by atoms with Crippen LogP contribution in [0.15, 0.2) is 22.6 Å². The van der Waals surface area contributed by atoms with E-state index in [2.05, 4.69) is 4.98 Å². The Labute approximate surface area is 116 Å². The monoisotopic (exact) mass is 299 g/mol. The summed E-state index contributed by atoms with van der Waals surface area (Å²) in [6.45, 7) is 0.499. The number of carboxylic acids is 1. The fourth-order valence-electron chi connectivity index (χ4n) is 2.10. The lowest BCUT2D eigenvalue weighted by Gasteiger charge is -2.01.